The van der Waals surface area contributed by atoms with E-state index in [4.69, 9.17) is 4.74 Å². The Morgan fingerprint density at radius 1 is 1.08 bits per heavy atom. The number of ether oxygens (including phenoxy) is 1. The summed E-state index contributed by atoms with van der Waals surface area (Å²) in [6.45, 7) is 0. The SMILES string of the molecule is COC(=O)[C@@H]1NN=C(C(=O)c2ccc(Br)cc2)[C@H]1c1cccc(Br)c1. The molecule has 0 spiro atoms. The van der Waals surface area contributed by atoms with E-state index in [1.807, 2.05) is 24.3 Å². The van der Waals surface area contributed by atoms with Crippen molar-refractivity contribution in [3.05, 3.63) is 68.6 Å². The van der Waals surface area contributed by atoms with E-state index in [1.165, 1.54) is 7.11 Å². The Bertz CT molecular complexity index is 850. The minimum atomic E-state index is -0.742. The molecule has 0 fully saturated rings. The Balaban J connectivity index is 2.00. The van der Waals surface area contributed by atoms with Crippen LogP contribution in [-0.2, 0) is 9.53 Å². The lowest BCUT2D eigenvalue weighted by molar-refractivity contribution is -0.143. The monoisotopic (exact) mass is 464 g/mol. The van der Waals surface area contributed by atoms with Crippen molar-refractivity contribution in [2.75, 3.05) is 7.11 Å². The van der Waals surface area contributed by atoms with E-state index in [0.29, 0.717) is 5.56 Å². The van der Waals surface area contributed by atoms with Gasteiger partial charge in [-0.15, -0.1) is 0 Å². The Hall–Kier alpha value is -1.99. The van der Waals surface area contributed by atoms with Crippen LogP contribution in [0.25, 0.3) is 0 Å². The number of carbonyl (C=O) groups excluding carboxylic acids is 2. The van der Waals surface area contributed by atoms with Gasteiger partial charge in [-0.05, 0) is 42.0 Å². The zero-order valence-electron chi connectivity index (χ0n) is 13.2. The lowest BCUT2D eigenvalue weighted by Gasteiger charge is -2.19. The lowest BCUT2D eigenvalue weighted by Crippen LogP contribution is -2.38. The Labute approximate surface area is 161 Å². The number of carbonyl (C=O) groups is 2. The molecule has 0 saturated heterocycles. The second-order valence-electron chi connectivity index (χ2n) is 5.50. The molecule has 0 unspecified atom stereocenters. The fourth-order valence-corrected chi connectivity index (χ4v) is 3.43. The molecule has 1 aliphatic heterocycles. The van der Waals surface area contributed by atoms with Gasteiger partial charge in [0.05, 0.1) is 13.0 Å². The summed E-state index contributed by atoms with van der Waals surface area (Å²) < 4.78 is 6.60. The molecule has 0 amide bonds. The molecule has 0 saturated carbocycles. The van der Waals surface area contributed by atoms with Crippen LogP contribution < -0.4 is 5.43 Å². The minimum Gasteiger partial charge on any atom is -0.467 e. The second-order valence-corrected chi connectivity index (χ2v) is 7.33. The predicted molar refractivity (Wildman–Crippen MR) is 102 cm³/mol. The molecule has 0 radical (unpaired) electrons. The Morgan fingerprint density at radius 2 is 1.80 bits per heavy atom. The number of methoxy groups -OCH3 is 1. The first kappa shape index (κ1) is 17.8. The van der Waals surface area contributed by atoms with E-state index in [9.17, 15) is 9.59 Å². The molecule has 5 nitrogen and oxygen atoms in total. The summed E-state index contributed by atoms with van der Waals surface area (Å²) in [4.78, 5) is 25.1. The number of hydrazone groups is 1. The molecule has 0 bridgehead atoms. The molecular weight excluding hydrogens is 452 g/mol. The molecule has 2 atom stereocenters. The van der Waals surface area contributed by atoms with Gasteiger partial charge in [0, 0.05) is 14.5 Å². The number of halogens is 2. The van der Waals surface area contributed by atoms with E-state index in [1.54, 1.807) is 24.3 Å². The molecule has 1 aliphatic rings. The maximum Gasteiger partial charge on any atom is 0.330 e. The smallest absolute Gasteiger partial charge is 0.330 e. The van der Waals surface area contributed by atoms with Crippen molar-refractivity contribution >= 4 is 49.3 Å². The number of benzene rings is 2. The highest BCUT2D eigenvalue weighted by Crippen LogP contribution is 2.30. The standard InChI is InChI=1S/C18H14Br2N2O3/c1-25-18(24)16-14(11-3-2-4-13(20)9-11)15(21-22-16)17(23)10-5-7-12(19)8-6-10/h2-9,14,16,22H,1H3/t14-,16-/m1/s1. The third-order valence-corrected chi connectivity index (χ3v) is 4.98. The number of hydrogen-bond acceptors (Lipinski definition) is 5. The molecular formula is C18H14Br2N2O3. The summed E-state index contributed by atoms with van der Waals surface area (Å²) in [5.74, 6) is -1.22. The van der Waals surface area contributed by atoms with Gasteiger partial charge in [-0.25, -0.2) is 4.79 Å². The molecule has 3 rings (SSSR count). The molecule has 7 heteroatoms. The summed E-state index contributed by atoms with van der Waals surface area (Å²) in [6, 6.07) is 13.8. The van der Waals surface area contributed by atoms with E-state index >= 15 is 0 Å². The quantitative estimate of drug-likeness (QED) is 0.552. The van der Waals surface area contributed by atoms with Crippen LogP contribution in [0.2, 0.25) is 0 Å². The van der Waals surface area contributed by atoms with Gasteiger partial charge in [0.1, 0.15) is 5.71 Å². The van der Waals surface area contributed by atoms with Gasteiger partial charge in [-0.2, -0.15) is 5.10 Å². The molecule has 0 aliphatic carbocycles. The van der Waals surface area contributed by atoms with E-state index < -0.39 is 17.9 Å². The van der Waals surface area contributed by atoms with Crippen LogP contribution in [-0.4, -0.2) is 30.6 Å². The van der Waals surface area contributed by atoms with E-state index in [0.717, 1.165) is 14.5 Å². The van der Waals surface area contributed by atoms with Crippen LogP contribution in [0.3, 0.4) is 0 Å². The number of nitrogens with zero attached hydrogens (tertiary/aromatic N) is 1. The van der Waals surface area contributed by atoms with Gasteiger partial charge in [0.15, 0.2) is 6.04 Å². The number of hydrogen-bond donors (Lipinski definition) is 1. The van der Waals surface area contributed by atoms with Gasteiger partial charge in [-0.1, -0.05) is 44.0 Å². The zero-order chi connectivity index (χ0) is 18.0. The molecule has 2 aromatic rings. The number of ketones is 1. The maximum absolute atomic E-state index is 12.9. The summed E-state index contributed by atoms with van der Waals surface area (Å²) in [5.41, 5.74) is 4.36. The van der Waals surface area contributed by atoms with Gasteiger partial charge < -0.3 is 4.74 Å². The van der Waals surface area contributed by atoms with Gasteiger partial charge in [-0.3, -0.25) is 10.2 Å². The van der Waals surface area contributed by atoms with Gasteiger partial charge >= 0.3 is 5.97 Å². The van der Waals surface area contributed by atoms with E-state index in [-0.39, 0.29) is 11.5 Å². The number of Topliss-reactive ketones (excluding diaryl/α,β-unsaturated/α-hetero) is 1. The highest BCUT2D eigenvalue weighted by atomic mass is 79.9. The van der Waals surface area contributed by atoms with Crippen LogP contribution in [0.5, 0.6) is 0 Å². The Morgan fingerprint density at radius 3 is 2.44 bits per heavy atom. The van der Waals surface area contributed by atoms with Gasteiger partial charge in [0.2, 0.25) is 5.78 Å². The molecule has 1 N–H and O–H groups in total. The van der Waals surface area contributed by atoms with Crippen LogP contribution in [0.4, 0.5) is 0 Å². The second kappa shape index (κ2) is 7.49. The normalized spacial score (nSPS) is 19.1. The van der Waals surface area contributed by atoms with Crippen LogP contribution in [0, 0.1) is 0 Å². The minimum absolute atomic E-state index is 0.226. The first-order valence-electron chi connectivity index (χ1n) is 7.48. The maximum atomic E-state index is 12.9. The molecule has 0 aromatic heterocycles. The summed E-state index contributed by atoms with van der Waals surface area (Å²) in [6.07, 6.45) is 0. The molecule has 2 aromatic carbocycles. The topological polar surface area (TPSA) is 67.8 Å². The first-order chi connectivity index (χ1) is 12.0. The number of nitrogens with one attached hydrogen (secondary N) is 1. The average Bonchev–Trinajstić information content (AvgIpc) is 3.06. The zero-order valence-corrected chi connectivity index (χ0v) is 16.4. The number of esters is 1. The summed E-state index contributed by atoms with van der Waals surface area (Å²) in [7, 11) is 1.32. The third-order valence-electron chi connectivity index (χ3n) is 3.95. The third kappa shape index (κ3) is 3.67. The van der Waals surface area contributed by atoms with Crippen molar-refractivity contribution in [1.29, 1.82) is 0 Å². The van der Waals surface area contributed by atoms with E-state index in [2.05, 4.69) is 42.4 Å². The first-order valence-corrected chi connectivity index (χ1v) is 9.06. The van der Waals surface area contributed by atoms with Crippen molar-refractivity contribution < 1.29 is 14.3 Å². The van der Waals surface area contributed by atoms with Crippen LogP contribution in [0.15, 0.2) is 62.6 Å². The molecule has 25 heavy (non-hydrogen) atoms. The summed E-state index contributed by atoms with van der Waals surface area (Å²) >= 11 is 6.78. The highest BCUT2D eigenvalue weighted by Gasteiger charge is 2.41. The van der Waals surface area contributed by atoms with Crippen molar-refractivity contribution in [2.45, 2.75) is 12.0 Å². The average molecular weight is 466 g/mol. The lowest BCUT2D eigenvalue weighted by atomic mass is 9.85. The van der Waals surface area contributed by atoms with Crippen molar-refractivity contribution in [2.24, 2.45) is 5.10 Å². The fourth-order valence-electron chi connectivity index (χ4n) is 2.75. The van der Waals surface area contributed by atoms with Crippen LogP contribution in [0.1, 0.15) is 21.8 Å². The van der Waals surface area contributed by atoms with Crippen molar-refractivity contribution in [1.82, 2.24) is 5.43 Å². The summed E-state index contributed by atoms with van der Waals surface area (Å²) in [5, 5.41) is 4.16. The number of rotatable bonds is 4. The van der Waals surface area contributed by atoms with Gasteiger partial charge in [0.25, 0.3) is 0 Å². The van der Waals surface area contributed by atoms with Crippen molar-refractivity contribution in [3.63, 3.8) is 0 Å². The fraction of sp³-hybridized carbons (Fsp3) is 0.167. The molecule has 128 valence electrons. The highest BCUT2D eigenvalue weighted by molar-refractivity contribution is 9.10. The predicted octanol–water partition coefficient (Wildman–Crippen LogP) is 3.68. The molecule has 1 heterocycles. The largest absolute Gasteiger partial charge is 0.467 e. The van der Waals surface area contributed by atoms with Crippen LogP contribution >= 0.6 is 31.9 Å². The Kier molecular flexibility index (Phi) is 5.34. The van der Waals surface area contributed by atoms with Crippen molar-refractivity contribution in [3.8, 4) is 0 Å².